The zero-order chi connectivity index (χ0) is 26.9. The Morgan fingerprint density at radius 2 is 1.87 bits per heavy atom. The molecule has 2 heterocycles. The summed E-state index contributed by atoms with van der Waals surface area (Å²) >= 11 is 1.26. The number of para-hydroxylation sites is 1. The van der Waals surface area contributed by atoms with Gasteiger partial charge in [-0.3, -0.25) is 5.14 Å². The van der Waals surface area contributed by atoms with Gasteiger partial charge in [0.05, 0.1) is 36.5 Å². The number of anilines is 3. The number of hydrogen-bond acceptors (Lipinski definition) is 8. The maximum Gasteiger partial charge on any atom is 0.266 e. The van der Waals surface area contributed by atoms with Gasteiger partial charge in [0, 0.05) is 22.5 Å². The van der Waals surface area contributed by atoms with Crippen LogP contribution in [0.4, 0.5) is 16.5 Å². The number of aromatic nitrogens is 1. The lowest BCUT2D eigenvalue weighted by molar-refractivity contribution is 0.313. The van der Waals surface area contributed by atoms with Crippen molar-refractivity contribution < 1.29 is 17.9 Å². The molecule has 4 aromatic rings. The SMILES string of the molecule is C=S(=C)(N)c1ccccc1N1CCOc2cc(S(=O)(=O)N(Cc3ccc(OC)cc3)c3nccs3)ccc21. The van der Waals surface area contributed by atoms with Crippen molar-refractivity contribution in [3.8, 4) is 11.5 Å². The quantitative estimate of drug-likeness (QED) is 0.300. The molecule has 0 bridgehead atoms. The summed E-state index contributed by atoms with van der Waals surface area (Å²) < 4.78 is 40.4. The minimum absolute atomic E-state index is 0.114. The monoisotopic (exact) mass is 568 g/mol. The van der Waals surface area contributed by atoms with Crippen LogP contribution in [0.2, 0.25) is 0 Å². The van der Waals surface area contributed by atoms with Crippen LogP contribution in [0.3, 0.4) is 0 Å². The first-order valence-electron chi connectivity index (χ1n) is 11.6. The second-order valence-corrected chi connectivity index (χ2v) is 13.8. The molecule has 11 heteroatoms. The van der Waals surface area contributed by atoms with E-state index in [0.717, 1.165) is 21.8 Å². The second kappa shape index (κ2) is 10.3. The Morgan fingerprint density at radius 1 is 1.11 bits per heavy atom. The maximum absolute atomic E-state index is 14.0. The molecule has 5 rings (SSSR count). The Morgan fingerprint density at radius 3 is 2.55 bits per heavy atom. The Balaban J connectivity index is 1.53. The van der Waals surface area contributed by atoms with Crippen molar-refractivity contribution in [3.63, 3.8) is 0 Å². The summed E-state index contributed by atoms with van der Waals surface area (Å²) in [6.45, 7) is 1.08. The molecule has 0 atom stereocenters. The van der Waals surface area contributed by atoms with Crippen LogP contribution < -0.4 is 23.8 Å². The molecule has 0 fully saturated rings. The summed E-state index contributed by atoms with van der Waals surface area (Å²) in [7, 11) is -4.37. The molecular weight excluding hydrogens is 541 g/mol. The number of nitrogens with two attached hydrogens (primary N) is 1. The van der Waals surface area contributed by atoms with Crippen molar-refractivity contribution in [2.45, 2.75) is 16.3 Å². The summed E-state index contributed by atoms with van der Waals surface area (Å²) in [5.74, 6) is 9.33. The van der Waals surface area contributed by atoms with Gasteiger partial charge in [-0.05, 0) is 42.0 Å². The van der Waals surface area contributed by atoms with E-state index in [4.69, 9.17) is 14.6 Å². The van der Waals surface area contributed by atoms with Gasteiger partial charge in [-0.15, -0.1) is 20.7 Å². The molecule has 0 saturated heterocycles. The Labute approximate surface area is 227 Å². The fourth-order valence-electron chi connectivity index (χ4n) is 4.25. The Bertz CT molecular complexity index is 1650. The molecule has 38 heavy (non-hydrogen) atoms. The van der Waals surface area contributed by atoms with E-state index in [9.17, 15) is 8.42 Å². The predicted octanol–water partition coefficient (Wildman–Crippen LogP) is 4.98. The van der Waals surface area contributed by atoms with E-state index in [1.54, 1.807) is 49.0 Å². The van der Waals surface area contributed by atoms with E-state index in [1.807, 2.05) is 36.4 Å². The Kier molecular flexibility index (Phi) is 7.10. The number of sulfonamides is 1. The molecule has 1 aliphatic heterocycles. The smallest absolute Gasteiger partial charge is 0.266 e. The second-order valence-electron chi connectivity index (χ2n) is 8.72. The van der Waals surface area contributed by atoms with Crippen molar-refractivity contribution in [2.75, 3.05) is 29.5 Å². The topological polar surface area (TPSA) is 98.0 Å². The molecule has 198 valence electrons. The number of benzene rings is 3. The molecule has 8 nitrogen and oxygen atoms in total. The molecule has 1 aromatic heterocycles. The van der Waals surface area contributed by atoms with Crippen LogP contribution in [0, 0.1) is 0 Å². The first-order valence-corrected chi connectivity index (χ1v) is 16.0. The highest BCUT2D eigenvalue weighted by Gasteiger charge is 2.30. The van der Waals surface area contributed by atoms with Crippen molar-refractivity contribution >= 4 is 59.0 Å². The van der Waals surface area contributed by atoms with Gasteiger partial charge in [-0.1, -0.05) is 36.0 Å². The average Bonchev–Trinajstić information content (AvgIpc) is 3.45. The third-order valence-electron chi connectivity index (χ3n) is 6.09. The number of hydrogen-bond donors (Lipinski definition) is 1. The predicted molar refractivity (Wildman–Crippen MR) is 158 cm³/mol. The van der Waals surface area contributed by atoms with Gasteiger partial charge in [0.25, 0.3) is 10.0 Å². The molecular formula is C27H28N4O4S3. The summed E-state index contributed by atoms with van der Waals surface area (Å²) in [5.41, 5.74) is 2.44. The molecule has 0 radical (unpaired) electrons. The summed E-state index contributed by atoms with van der Waals surface area (Å²) in [6.07, 6.45) is 1.59. The van der Waals surface area contributed by atoms with Crippen LogP contribution in [0.1, 0.15) is 5.56 Å². The molecule has 2 N–H and O–H groups in total. The number of ether oxygens (including phenoxy) is 2. The van der Waals surface area contributed by atoms with Crippen LogP contribution in [-0.4, -0.2) is 45.4 Å². The molecule has 0 amide bonds. The number of thiazole rings is 1. The lowest BCUT2D eigenvalue weighted by Gasteiger charge is -2.34. The molecule has 1 aliphatic rings. The summed E-state index contributed by atoms with van der Waals surface area (Å²) in [4.78, 5) is 7.34. The first kappa shape index (κ1) is 26.1. The number of methoxy groups -OCH3 is 1. The highest BCUT2D eigenvalue weighted by molar-refractivity contribution is 8.26. The lowest BCUT2D eigenvalue weighted by atomic mass is 10.2. The van der Waals surface area contributed by atoms with Gasteiger partial charge >= 0.3 is 0 Å². The largest absolute Gasteiger partial charge is 0.497 e. The lowest BCUT2D eigenvalue weighted by Crippen LogP contribution is -2.32. The Hall–Kier alpha value is -3.51. The number of rotatable bonds is 8. The highest BCUT2D eigenvalue weighted by atomic mass is 32.2. The van der Waals surface area contributed by atoms with Gasteiger partial charge < -0.3 is 14.4 Å². The van der Waals surface area contributed by atoms with E-state index >= 15 is 0 Å². The molecule has 0 unspecified atom stereocenters. The zero-order valence-electron chi connectivity index (χ0n) is 20.8. The van der Waals surface area contributed by atoms with Crippen LogP contribution in [-0.2, 0) is 16.6 Å². The normalized spacial score (nSPS) is 13.5. The zero-order valence-corrected chi connectivity index (χ0v) is 23.3. The van der Waals surface area contributed by atoms with Gasteiger partial charge in [0.15, 0.2) is 5.13 Å². The number of fused-ring (bicyclic) bond motifs is 1. The van der Waals surface area contributed by atoms with Crippen LogP contribution in [0.5, 0.6) is 11.5 Å². The van der Waals surface area contributed by atoms with Crippen molar-refractivity contribution in [1.29, 1.82) is 0 Å². The van der Waals surface area contributed by atoms with E-state index in [-0.39, 0.29) is 11.4 Å². The minimum atomic E-state index is -3.97. The molecule has 3 aromatic carbocycles. The molecule has 0 spiro atoms. The van der Waals surface area contributed by atoms with Crippen LogP contribution in [0.25, 0.3) is 0 Å². The first-order chi connectivity index (χ1) is 18.2. The summed E-state index contributed by atoms with van der Waals surface area (Å²) in [5, 5.41) is 8.46. The van der Waals surface area contributed by atoms with Crippen LogP contribution in [0.15, 0.2) is 88.1 Å². The van der Waals surface area contributed by atoms with Gasteiger partial charge in [-0.2, -0.15) is 0 Å². The van der Waals surface area contributed by atoms with E-state index in [0.29, 0.717) is 29.8 Å². The maximum atomic E-state index is 14.0. The van der Waals surface area contributed by atoms with Crippen molar-refractivity contribution in [1.82, 2.24) is 4.98 Å². The van der Waals surface area contributed by atoms with E-state index < -0.39 is 19.4 Å². The third kappa shape index (κ3) is 5.10. The highest BCUT2D eigenvalue weighted by Crippen LogP contribution is 2.43. The van der Waals surface area contributed by atoms with Crippen molar-refractivity contribution in [2.24, 2.45) is 5.14 Å². The van der Waals surface area contributed by atoms with Crippen LogP contribution >= 0.6 is 20.7 Å². The van der Waals surface area contributed by atoms with E-state index in [2.05, 4.69) is 21.6 Å². The standard InChI is InChI=1S/C27H28N4O4S3/c1-34-21-10-8-20(9-11-21)19-31(27-29-14-17-36-27)38(32,33)22-12-13-23-25(18-22)35-16-15-30(23)24-6-4-5-7-26(24)37(2,3)28/h4-14,17-18H,2-3,15-16,19,28H2,1H3. The number of nitrogens with zero attached hydrogens (tertiary/aromatic N) is 3. The molecule has 0 saturated carbocycles. The van der Waals surface area contributed by atoms with Gasteiger partial charge in [0.1, 0.15) is 18.1 Å². The third-order valence-corrected chi connectivity index (χ3v) is 9.96. The fourth-order valence-corrected chi connectivity index (χ4v) is 7.49. The molecule has 0 aliphatic carbocycles. The minimum Gasteiger partial charge on any atom is -0.497 e. The summed E-state index contributed by atoms with van der Waals surface area (Å²) in [6, 6.07) is 20.0. The average molecular weight is 569 g/mol. The van der Waals surface area contributed by atoms with E-state index in [1.165, 1.54) is 15.6 Å². The van der Waals surface area contributed by atoms with Crippen molar-refractivity contribution in [3.05, 3.63) is 83.9 Å². The van der Waals surface area contributed by atoms with Gasteiger partial charge in [0.2, 0.25) is 0 Å². The fraction of sp³-hybridized carbons (Fsp3) is 0.148. The van der Waals surface area contributed by atoms with Gasteiger partial charge in [-0.25, -0.2) is 17.7 Å².